The predicted molar refractivity (Wildman–Crippen MR) is 132 cm³/mol. The van der Waals surface area contributed by atoms with Gasteiger partial charge in [-0.05, 0) is 37.1 Å². The van der Waals surface area contributed by atoms with Gasteiger partial charge in [0.25, 0.3) is 0 Å². The van der Waals surface area contributed by atoms with Gasteiger partial charge >= 0.3 is 5.97 Å². The lowest BCUT2D eigenvalue weighted by Crippen LogP contribution is -2.12. The van der Waals surface area contributed by atoms with Crippen LogP contribution in [-0.4, -0.2) is 36.1 Å². The molecule has 0 aliphatic carbocycles. The minimum absolute atomic E-state index is 0.112. The quantitative estimate of drug-likeness (QED) is 0.240. The number of terminal acetylenes is 1. The average Bonchev–Trinajstić information content (AvgIpc) is 2.86. The number of unbranched alkanes of at least 4 members (excludes halogenated alkanes) is 3. The molecule has 0 radical (unpaired) electrons. The average molecular weight is 461 g/mol. The molecule has 0 saturated carbocycles. The maximum absolute atomic E-state index is 12.5. The molecule has 176 valence electrons. The lowest BCUT2D eigenvalue weighted by molar-refractivity contribution is -0.140. The van der Waals surface area contributed by atoms with E-state index >= 15 is 0 Å². The molecule has 8 nitrogen and oxygen atoms in total. The summed E-state index contributed by atoms with van der Waals surface area (Å²) in [5.41, 5.74) is 2.76. The zero-order valence-corrected chi connectivity index (χ0v) is 19.4. The number of anilines is 3. The van der Waals surface area contributed by atoms with Crippen LogP contribution in [0.2, 0.25) is 0 Å². The minimum Gasteiger partial charge on any atom is -0.494 e. The number of fused-ring (bicyclic) bond motifs is 1. The van der Waals surface area contributed by atoms with E-state index in [-0.39, 0.29) is 11.9 Å². The number of methoxy groups -OCH3 is 2. The van der Waals surface area contributed by atoms with Crippen LogP contribution in [0, 0.1) is 12.3 Å². The molecule has 2 N–H and O–H groups in total. The Morgan fingerprint density at radius 1 is 1.03 bits per heavy atom. The van der Waals surface area contributed by atoms with E-state index in [9.17, 15) is 9.59 Å². The summed E-state index contributed by atoms with van der Waals surface area (Å²) in [5, 5.41) is 6.93. The van der Waals surface area contributed by atoms with Gasteiger partial charge < -0.3 is 20.1 Å². The number of ether oxygens (including phenoxy) is 2. The Labute approximate surface area is 199 Å². The van der Waals surface area contributed by atoms with Crippen molar-refractivity contribution in [3.8, 4) is 18.1 Å². The lowest BCUT2D eigenvalue weighted by atomic mass is 10.1. The van der Waals surface area contributed by atoms with Crippen LogP contribution in [0.25, 0.3) is 10.9 Å². The Hall–Kier alpha value is -4.12. The third kappa shape index (κ3) is 6.69. The number of nitrogens with one attached hydrogen (secondary N) is 2. The highest BCUT2D eigenvalue weighted by atomic mass is 16.5. The standard InChI is InChI=1S/C26H28N4O4/c1-4-18-10-9-11-19(14-18)29-26-20-15-22(23(33-2)16-21(20)27-17-28-26)30-24(31)12-7-5-6-8-13-25(32)34-3/h1,9-11,14-17H,5-8,12-13H2,2-3H3,(H,30,31)(H,27,28,29). The van der Waals surface area contributed by atoms with Crippen LogP contribution >= 0.6 is 0 Å². The Bertz CT molecular complexity index is 1200. The Morgan fingerprint density at radius 3 is 2.56 bits per heavy atom. The van der Waals surface area contributed by atoms with E-state index in [0.29, 0.717) is 35.6 Å². The molecule has 0 aliphatic heterocycles. The summed E-state index contributed by atoms with van der Waals surface area (Å²) in [5.74, 6) is 3.39. The highest BCUT2D eigenvalue weighted by Crippen LogP contribution is 2.33. The summed E-state index contributed by atoms with van der Waals surface area (Å²) >= 11 is 0. The number of rotatable bonds is 11. The van der Waals surface area contributed by atoms with Gasteiger partial charge in [0.2, 0.25) is 5.91 Å². The van der Waals surface area contributed by atoms with Crippen molar-refractivity contribution in [1.29, 1.82) is 0 Å². The molecule has 8 heteroatoms. The number of nitrogens with zero attached hydrogens (tertiary/aromatic N) is 2. The maximum Gasteiger partial charge on any atom is 0.305 e. The van der Waals surface area contributed by atoms with E-state index in [4.69, 9.17) is 11.2 Å². The van der Waals surface area contributed by atoms with Gasteiger partial charge in [0.05, 0.1) is 25.4 Å². The van der Waals surface area contributed by atoms with Crippen molar-refractivity contribution in [2.24, 2.45) is 0 Å². The number of hydrogen-bond acceptors (Lipinski definition) is 7. The normalized spacial score (nSPS) is 10.4. The number of benzene rings is 2. The molecule has 0 bridgehead atoms. The van der Waals surface area contributed by atoms with Crippen molar-refractivity contribution in [1.82, 2.24) is 9.97 Å². The summed E-state index contributed by atoms with van der Waals surface area (Å²) in [6.07, 6.45) is 11.0. The number of carbonyl (C=O) groups excluding carboxylic acids is 2. The Balaban J connectivity index is 1.69. The molecule has 0 atom stereocenters. The first-order valence-corrected chi connectivity index (χ1v) is 11.1. The highest BCUT2D eigenvalue weighted by Gasteiger charge is 2.13. The summed E-state index contributed by atoms with van der Waals surface area (Å²) < 4.78 is 10.1. The van der Waals surface area contributed by atoms with E-state index in [1.165, 1.54) is 13.4 Å². The number of aromatic nitrogens is 2. The van der Waals surface area contributed by atoms with Crippen LogP contribution in [0.4, 0.5) is 17.2 Å². The van der Waals surface area contributed by atoms with Crippen LogP contribution in [0.3, 0.4) is 0 Å². The first kappa shape index (κ1) is 24.5. The molecule has 1 amide bonds. The van der Waals surface area contributed by atoms with Gasteiger partial charge in [-0.3, -0.25) is 9.59 Å². The lowest BCUT2D eigenvalue weighted by Gasteiger charge is -2.14. The van der Waals surface area contributed by atoms with Crippen molar-refractivity contribution < 1.29 is 19.1 Å². The minimum atomic E-state index is -0.206. The predicted octanol–water partition coefficient (Wildman–Crippen LogP) is 4.82. The van der Waals surface area contributed by atoms with Gasteiger partial charge in [-0.25, -0.2) is 9.97 Å². The molecule has 34 heavy (non-hydrogen) atoms. The summed E-state index contributed by atoms with van der Waals surface area (Å²) in [7, 11) is 2.93. The first-order chi connectivity index (χ1) is 16.5. The number of hydrogen-bond donors (Lipinski definition) is 2. The second-order valence-electron chi connectivity index (χ2n) is 7.68. The van der Waals surface area contributed by atoms with Gasteiger partial charge in [0, 0.05) is 35.5 Å². The molecular weight excluding hydrogens is 432 g/mol. The summed E-state index contributed by atoms with van der Waals surface area (Å²) in [6, 6.07) is 11.0. The molecule has 3 aromatic rings. The molecule has 0 spiro atoms. The molecule has 0 unspecified atom stereocenters. The fourth-order valence-corrected chi connectivity index (χ4v) is 3.50. The van der Waals surface area contributed by atoms with Crippen LogP contribution in [-0.2, 0) is 14.3 Å². The van der Waals surface area contributed by atoms with Crippen molar-refractivity contribution in [3.05, 3.63) is 48.3 Å². The fourth-order valence-electron chi connectivity index (χ4n) is 3.50. The van der Waals surface area contributed by atoms with Crippen LogP contribution in [0.5, 0.6) is 5.75 Å². The highest BCUT2D eigenvalue weighted by molar-refractivity contribution is 5.99. The molecule has 1 heterocycles. The van der Waals surface area contributed by atoms with Crippen LogP contribution < -0.4 is 15.4 Å². The Morgan fingerprint density at radius 2 is 1.82 bits per heavy atom. The maximum atomic E-state index is 12.5. The van der Waals surface area contributed by atoms with Gasteiger partial charge in [-0.2, -0.15) is 0 Å². The molecule has 0 saturated heterocycles. The molecule has 0 fully saturated rings. The van der Waals surface area contributed by atoms with E-state index in [0.717, 1.165) is 42.3 Å². The van der Waals surface area contributed by atoms with Gasteiger partial charge in [0.1, 0.15) is 17.9 Å². The number of carbonyl (C=O) groups is 2. The zero-order chi connectivity index (χ0) is 24.3. The Kier molecular flexibility index (Phi) is 8.81. The second kappa shape index (κ2) is 12.2. The first-order valence-electron chi connectivity index (χ1n) is 11.1. The van der Waals surface area contributed by atoms with Crippen molar-refractivity contribution in [3.63, 3.8) is 0 Å². The zero-order valence-electron chi connectivity index (χ0n) is 19.4. The van der Waals surface area contributed by atoms with E-state index in [1.54, 1.807) is 19.2 Å². The molecule has 1 aromatic heterocycles. The monoisotopic (exact) mass is 460 g/mol. The van der Waals surface area contributed by atoms with Crippen LogP contribution in [0.1, 0.15) is 44.1 Å². The summed E-state index contributed by atoms with van der Waals surface area (Å²) in [6.45, 7) is 0. The smallest absolute Gasteiger partial charge is 0.305 e. The van der Waals surface area contributed by atoms with Crippen molar-refractivity contribution in [2.45, 2.75) is 38.5 Å². The van der Waals surface area contributed by atoms with Crippen molar-refractivity contribution in [2.75, 3.05) is 24.9 Å². The molecular formula is C26H28N4O4. The number of esters is 1. The van der Waals surface area contributed by atoms with Gasteiger partial charge in [-0.1, -0.05) is 24.8 Å². The van der Waals surface area contributed by atoms with Gasteiger partial charge in [0.15, 0.2) is 0 Å². The fraction of sp³-hybridized carbons (Fsp3) is 0.308. The van der Waals surface area contributed by atoms with Crippen molar-refractivity contribution >= 4 is 40.0 Å². The largest absolute Gasteiger partial charge is 0.494 e. The SMILES string of the molecule is C#Cc1cccc(Nc2ncnc3cc(OC)c(NC(=O)CCCCCCC(=O)OC)cc23)c1. The van der Waals surface area contributed by atoms with E-state index < -0.39 is 0 Å². The van der Waals surface area contributed by atoms with Crippen LogP contribution in [0.15, 0.2) is 42.7 Å². The van der Waals surface area contributed by atoms with Gasteiger partial charge in [-0.15, -0.1) is 6.42 Å². The topological polar surface area (TPSA) is 102 Å². The molecule has 0 aliphatic rings. The third-order valence-corrected chi connectivity index (χ3v) is 5.29. The molecule has 3 rings (SSSR count). The second-order valence-corrected chi connectivity index (χ2v) is 7.68. The van der Waals surface area contributed by atoms with E-state index in [2.05, 4.69) is 31.3 Å². The molecule has 2 aromatic carbocycles. The van der Waals surface area contributed by atoms with E-state index in [1.807, 2.05) is 24.3 Å². The summed E-state index contributed by atoms with van der Waals surface area (Å²) in [4.78, 5) is 32.4. The third-order valence-electron chi connectivity index (χ3n) is 5.29. The number of amides is 1.